The highest BCUT2D eigenvalue weighted by Gasteiger charge is 2.19. The normalized spacial score (nSPS) is 11.0. The fourth-order valence-electron chi connectivity index (χ4n) is 8.27. The Morgan fingerprint density at radius 2 is 0.533 bits per heavy atom. The first kappa shape index (κ1) is 36.4. The summed E-state index contributed by atoms with van der Waals surface area (Å²) < 4.78 is 0. The minimum absolute atomic E-state index is 1.10. The Bertz CT molecular complexity index is 2990. The van der Waals surface area contributed by atoms with Crippen LogP contribution in [0.1, 0.15) is 0 Å². The van der Waals surface area contributed by atoms with Crippen molar-refractivity contribution in [2.75, 3.05) is 9.80 Å². The van der Waals surface area contributed by atoms with E-state index in [1.54, 1.807) is 0 Å². The van der Waals surface area contributed by atoms with Crippen LogP contribution in [0.5, 0.6) is 0 Å². The smallest absolute Gasteiger partial charge is 0.0540 e. The summed E-state index contributed by atoms with van der Waals surface area (Å²) in [7, 11) is 0. The average Bonchev–Trinajstić information content (AvgIpc) is 3.33. The van der Waals surface area contributed by atoms with Gasteiger partial charge in [0.1, 0.15) is 0 Å². The third-order valence-electron chi connectivity index (χ3n) is 11.3. The van der Waals surface area contributed by atoms with Crippen molar-refractivity contribution in [1.29, 1.82) is 0 Å². The van der Waals surface area contributed by atoms with Gasteiger partial charge in [0.2, 0.25) is 0 Å². The van der Waals surface area contributed by atoms with E-state index in [1.165, 1.54) is 33.0 Å². The van der Waals surface area contributed by atoms with Gasteiger partial charge in [-0.05, 0) is 111 Å². The summed E-state index contributed by atoms with van der Waals surface area (Å²) in [5.74, 6) is 0. The van der Waals surface area contributed by atoms with E-state index in [0.29, 0.717) is 0 Å². The molecule has 0 aromatic heterocycles. The second kappa shape index (κ2) is 16.5. The maximum absolute atomic E-state index is 2.36. The number of nitrogens with zero attached hydrogens (tertiary/aromatic N) is 2. The molecule has 10 aromatic rings. The maximum Gasteiger partial charge on any atom is 0.0540 e. The van der Waals surface area contributed by atoms with Crippen molar-refractivity contribution in [2.24, 2.45) is 0 Å². The highest BCUT2D eigenvalue weighted by atomic mass is 15.1. The molecule has 0 N–H and O–H groups in total. The molecule has 0 radical (unpaired) electrons. The average molecular weight is 767 g/mol. The van der Waals surface area contributed by atoms with Crippen LogP contribution in [-0.4, -0.2) is 0 Å². The van der Waals surface area contributed by atoms with Crippen molar-refractivity contribution in [3.63, 3.8) is 0 Å². The van der Waals surface area contributed by atoms with Gasteiger partial charge in [0.05, 0.1) is 11.4 Å². The predicted molar refractivity (Wildman–Crippen MR) is 255 cm³/mol. The van der Waals surface area contributed by atoms with Crippen LogP contribution >= 0.6 is 0 Å². The van der Waals surface area contributed by atoms with Gasteiger partial charge in [-0.15, -0.1) is 0 Å². The molecule has 10 aromatic carbocycles. The van der Waals surface area contributed by atoms with Crippen molar-refractivity contribution in [3.8, 4) is 44.5 Å². The molecule has 0 amide bonds. The van der Waals surface area contributed by atoms with Crippen molar-refractivity contribution in [3.05, 3.63) is 255 Å². The Kier molecular flexibility index (Phi) is 10.0. The zero-order valence-electron chi connectivity index (χ0n) is 33.1. The van der Waals surface area contributed by atoms with E-state index < -0.39 is 0 Å². The van der Waals surface area contributed by atoms with E-state index in [9.17, 15) is 0 Å². The minimum atomic E-state index is 1.10. The largest absolute Gasteiger partial charge is 0.310 e. The molecule has 10 rings (SSSR count). The molecule has 0 saturated carbocycles. The maximum atomic E-state index is 2.36. The summed E-state index contributed by atoms with van der Waals surface area (Å²) in [6.45, 7) is 0. The molecule has 0 aliphatic carbocycles. The van der Waals surface area contributed by atoms with Crippen molar-refractivity contribution in [1.82, 2.24) is 0 Å². The van der Waals surface area contributed by atoms with Crippen LogP contribution in [0.4, 0.5) is 34.1 Å². The van der Waals surface area contributed by atoms with Crippen LogP contribution in [0.3, 0.4) is 0 Å². The van der Waals surface area contributed by atoms with Gasteiger partial charge in [-0.25, -0.2) is 0 Å². The fraction of sp³-hybridized carbons (Fsp3) is 0. The third kappa shape index (κ3) is 7.35. The number of hydrogen-bond acceptors (Lipinski definition) is 2. The summed E-state index contributed by atoms with van der Waals surface area (Å²) in [6, 6.07) is 91.4. The molecule has 0 unspecified atom stereocenters. The van der Waals surface area contributed by atoms with Gasteiger partial charge < -0.3 is 9.80 Å². The van der Waals surface area contributed by atoms with E-state index in [0.717, 1.165) is 56.4 Å². The van der Waals surface area contributed by atoms with Crippen molar-refractivity contribution in [2.45, 2.75) is 0 Å². The van der Waals surface area contributed by atoms with E-state index in [1.807, 2.05) is 0 Å². The zero-order chi connectivity index (χ0) is 40.1. The van der Waals surface area contributed by atoms with E-state index in [2.05, 4.69) is 265 Å². The Balaban J connectivity index is 1.00. The monoisotopic (exact) mass is 766 g/mol. The Morgan fingerprint density at radius 3 is 1.03 bits per heavy atom. The Hall–Kier alpha value is -7.94. The van der Waals surface area contributed by atoms with Gasteiger partial charge in [0.15, 0.2) is 0 Å². The molecule has 0 aliphatic rings. The van der Waals surface area contributed by atoms with Gasteiger partial charge >= 0.3 is 0 Å². The summed E-state index contributed by atoms with van der Waals surface area (Å²) in [5, 5.41) is 2.50. The van der Waals surface area contributed by atoms with Gasteiger partial charge in [0.25, 0.3) is 0 Å². The van der Waals surface area contributed by atoms with Crippen molar-refractivity contribution >= 4 is 44.9 Å². The summed E-state index contributed by atoms with van der Waals surface area (Å²) in [5.41, 5.74) is 16.1. The van der Waals surface area contributed by atoms with Gasteiger partial charge in [-0.3, -0.25) is 0 Å². The molecule has 284 valence electrons. The molecule has 0 bridgehead atoms. The zero-order valence-corrected chi connectivity index (χ0v) is 33.1. The molecule has 0 aliphatic heterocycles. The fourth-order valence-corrected chi connectivity index (χ4v) is 8.27. The third-order valence-corrected chi connectivity index (χ3v) is 11.3. The molecule has 0 atom stereocenters. The van der Waals surface area contributed by atoms with Crippen LogP contribution in [0.15, 0.2) is 255 Å². The molecule has 0 heterocycles. The molecular formula is C58H42N2. The number of para-hydroxylation sites is 4. The lowest BCUT2D eigenvalue weighted by molar-refractivity contribution is 1.28. The minimum Gasteiger partial charge on any atom is -0.310 e. The summed E-state index contributed by atoms with van der Waals surface area (Å²) in [4.78, 5) is 4.72. The molecule has 0 saturated heterocycles. The standard InChI is InChI=1S/C58H42N2/c1-4-16-43(17-5-1)45-34-38-53(39-35-45)59(51-20-6-2-7-21-51)57-26-14-12-24-55(57)47-29-31-48(32-30-47)56-25-13-15-27-58(56)60(52-22-8-3-9-23-52)54-40-36-46(37-41-54)50-33-28-44-18-10-11-19-49(44)42-50/h1-42H. The molecule has 0 spiro atoms. The quantitative estimate of drug-likeness (QED) is 0.137. The first-order valence-corrected chi connectivity index (χ1v) is 20.5. The molecular weight excluding hydrogens is 725 g/mol. The van der Waals surface area contributed by atoms with E-state index >= 15 is 0 Å². The topological polar surface area (TPSA) is 6.48 Å². The van der Waals surface area contributed by atoms with Crippen LogP contribution in [0.25, 0.3) is 55.3 Å². The highest BCUT2D eigenvalue weighted by molar-refractivity contribution is 5.92. The Labute approximate surface area is 352 Å². The van der Waals surface area contributed by atoms with Gasteiger partial charge in [-0.1, -0.05) is 188 Å². The van der Waals surface area contributed by atoms with E-state index in [-0.39, 0.29) is 0 Å². The van der Waals surface area contributed by atoms with E-state index in [4.69, 9.17) is 0 Å². The Morgan fingerprint density at radius 1 is 0.200 bits per heavy atom. The summed E-state index contributed by atoms with van der Waals surface area (Å²) in [6.07, 6.45) is 0. The SMILES string of the molecule is c1ccc(-c2ccc(N(c3ccccc3)c3ccccc3-c3ccc(-c4ccccc4N(c4ccccc4)c4ccc(-c5ccc6ccccc6c5)cc4)cc3)cc2)cc1. The molecule has 60 heavy (non-hydrogen) atoms. The number of rotatable bonds is 10. The highest BCUT2D eigenvalue weighted by Crippen LogP contribution is 2.44. The predicted octanol–water partition coefficient (Wildman–Crippen LogP) is 16.4. The number of benzene rings is 10. The first-order chi connectivity index (χ1) is 29.8. The van der Waals surface area contributed by atoms with Crippen LogP contribution in [0.2, 0.25) is 0 Å². The lowest BCUT2D eigenvalue weighted by atomic mass is 9.96. The second-order valence-corrected chi connectivity index (χ2v) is 15.0. The van der Waals surface area contributed by atoms with Gasteiger partial charge in [-0.2, -0.15) is 0 Å². The van der Waals surface area contributed by atoms with Crippen LogP contribution < -0.4 is 9.80 Å². The lowest BCUT2D eigenvalue weighted by Gasteiger charge is -2.28. The molecule has 0 fully saturated rings. The molecule has 2 heteroatoms. The number of fused-ring (bicyclic) bond motifs is 1. The number of hydrogen-bond donors (Lipinski definition) is 0. The summed E-state index contributed by atoms with van der Waals surface area (Å²) >= 11 is 0. The van der Waals surface area contributed by atoms with Crippen LogP contribution in [0, 0.1) is 0 Å². The first-order valence-electron chi connectivity index (χ1n) is 20.5. The van der Waals surface area contributed by atoms with Gasteiger partial charge in [0, 0.05) is 33.9 Å². The second-order valence-electron chi connectivity index (χ2n) is 15.0. The lowest BCUT2D eigenvalue weighted by Crippen LogP contribution is -2.11. The van der Waals surface area contributed by atoms with Crippen LogP contribution in [-0.2, 0) is 0 Å². The number of anilines is 6. The molecule has 2 nitrogen and oxygen atoms in total. The van der Waals surface area contributed by atoms with Crippen molar-refractivity contribution < 1.29 is 0 Å².